The number of hydrogen-bond acceptors (Lipinski definition) is 0. The van der Waals surface area contributed by atoms with Gasteiger partial charge in [-0.05, 0) is 48.9 Å². The second kappa shape index (κ2) is 16.9. The van der Waals surface area contributed by atoms with E-state index in [1.165, 1.54) is 77.2 Å². The summed E-state index contributed by atoms with van der Waals surface area (Å²) in [6.45, 7) is 20.1. The Kier molecular flexibility index (Phi) is 14.6. The molecule has 0 amide bonds. The predicted octanol–water partition coefficient (Wildman–Crippen LogP) is 5.91. The van der Waals surface area contributed by atoms with Gasteiger partial charge in [-0.2, -0.15) is 12.1 Å². The van der Waals surface area contributed by atoms with E-state index in [1.807, 2.05) is 0 Å². The third-order valence-corrected chi connectivity index (χ3v) is 7.72. The topological polar surface area (TPSA) is 0 Å². The van der Waals surface area contributed by atoms with Crippen molar-refractivity contribution in [2.45, 2.75) is 67.5 Å². The van der Waals surface area contributed by atoms with Gasteiger partial charge in [-0.25, -0.2) is 0 Å². The summed E-state index contributed by atoms with van der Waals surface area (Å²) in [6.07, 6.45) is 0. The SMILES string of the molecule is C[Si](C)=[Zr+2].Cc1cc(C)c(-c2cccc3[cH-]c(C(C)C)cc23)c(C)c1.Cc1cc2c(-c3ccccc3)ccc(C)c2[cH-]1.[Cl-].[Cl-]. The van der Waals surface area contributed by atoms with Crippen molar-refractivity contribution in [2.24, 2.45) is 0 Å². The van der Waals surface area contributed by atoms with Crippen LogP contribution in [0.4, 0.5) is 0 Å². The summed E-state index contributed by atoms with van der Waals surface area (Å²) in [4.78, 5) is 0. The largest absolute Gasteiger partial charge is 1.00 e. The first-order chi connectivity index (χ1) is 20.0. The van der Waals surface area contributed by atoms with Gasteiger partial charge < -0.3 is 24.8 Å². The Balaban J connectivity index is 0.000000267. The van der Waals surface area contributed by atoms with Crippen molar-refractivity contribution in [3.05, 3.63) is 130 Å². The minimum absolute atomic E-state index is 0. The molecule has 0 heterocycles. The van der Waals surface area contributed by atoms with Crippen LogP contribution in [-0.2, 0) is 23.3 Å². The molecule has 0 bridgehead atoms. The molecular formula is C40H44Cl2SiZr-2. The zero-order valence-electron chi connectivity index (χ0n) is 27.6. The van der Waals surface area contributed by atoms with E-state index in [0.29, 0.717) is 5.92 Å². The Morgan fingerprint density at radius 1 is 0.636 bits per heavy atom. The van der Waals surface area contributed by atoms with Gasteiger partial charge in [0.2, 0.25) is 0 Å². The van der Waals surface area contributed by atoms with Crippen molar-refractivity contribution in [2.75, 3.05) is 0 Å². The molecule has 0 aromatic heterocycles. The number of rotatable bonds is 3. The van der Waals surface area contributed by atoms with Crippen molar-refractivity contribution in [3.8, 4) is 22.3 Å². The summed E-state index contributed by atoms with van der Waals surface area (Å²) in [5, 5.41) is 5.49. The van der Waals surface area contributed by atoms with Gasteiger partial charge >= 0.3 is 41.9 Å². The van der Waals surface area contributed by atoms with Crippen molar-refractivity contribution in [1.29, 1.82) is 0 Å². The van der Waals surface area contributed by atoms with Crippen LogP contribution in [0.5, 0.6) is 0 Å². The van der Waals surface area contributed by atoms with Gasteiger partial charge in [0, 0.05) is 0 Å². The van der Waals surface area contributed by atoms with Crippen LogP contribution < -0.4 is 24.8 Å². The molecule has 0 unspecified atom stereocenters. The third-order valence-electron chi connectivity index (χ3n) is 7.72. The van der Waals surface area contributed by atoms with E-state index >= 15 is 0 Å². The third kappa shape index (κ3) is 9.17. The molecule has 0 atom stereocenters. The molecule has 6 rings (SSSR count). The summed E-state index contributed by atoms with van der Waals surface area (Å²) < 4.78 is 0. The summed E-state index contributed by atoms with van der Waals surface area (Å²) in [5.41, 5.74) is 13.8. The Bertz CT molecular complexity index is 1810. The fourth-order valence-electron chi connectivity index (χ4n) is 5.87. The van der Waals surface area contributed by atoms with Crippen LogP contribution >= 0.6 is 0 Å². The second-order valence-corrected chi connectivity index (χ2v) is 21.6. The molecule has 0 radical (unpaired) electrons. The smallest absolute Gasteiger partial charge is 0.0220 e. The molecule has 0 saturated heterocycles. The van der Waals surface area contributed by atoms with Gasteiger partial charge in [0.05, 0.1) is 0 Å². The Morgan fingerprint density at radius 2 is 1.25 bits per heavy atom. The Labute approximate surface area is 293 Å². The molecule has 0 aliphatic carbocycles. The summed E-state index contributed by atoms with van der Waals surface area (Å²) in [6, 6.07) is 35.5. The van der Waals surface area contributed by atoms with Crippen LogP contribution in [0.1, 0.15) is 53.1 Å². The van der Waals surface area contributed by atoms with Gasteiger partial charge in [0.15, 0.2) is 0 Å². The predicted molar refractivity (Wildman–Crippen MR) is 185 cm³/mol. The van der Waals surface area contributed by atoms with Crippen LogP contribution in [0.25, 0.3) is 43.8 Å². The number of hydrogen-bond donors (Lipinski definition) is 0. The summed E-state index contributed by atoms with van der Waals surface area (Å²) in [7, 11) is 0. The van der Waals surface area contributed by atoms with Gasteiger partial charge in [0.25, 0.3) is 0 Å². The Morgan fingerprint density at radius 3 is 1.84 bits per heavy atom. The second-order valence-electron chi connectivity index (χ2n) is 12.2. The van der Waals surface area contributed by atoms with E-state index in [0.717, 1.165) is 0 Å². The maximum atomic E-state index is 2.37. The zero-order chi connectivity index (χ0) is 30.6. The van der Waals surface area contributed by atoms with E-state index in [9.17, 15) is 0 Å². The fraction of sp³-hybridized carbons (Fsp3) is 0.250. The number of benzene rings is 4. The van der Waals surface area contributed by atoms with Gasteiger partial charge in [-0.1, -0.05) is 99.0 Å². The van der Waals surface area contributed by atoms with Gasteiger partial charge in [-0.15, -0.1) is 68.6 Å². The normalized spacial score (nSPS) is 10.4. The molecular weight excluding hydrogens is 671 g/mol. The first-order valence-electron chi connectivity index (χ1n) is 15.0. The maximum absolute atomic E-state index is 2.37. The molecule has 0 aliphatic heterocycles. The average Bonchev–Trinajstić information content (AvgIpc) is 3.54. The molecule has 0 aliphatic rings. The first kappa shape index (κ1) is 38.0. The van der Waals surface area contributed by atoms with E-state index in [2.05, 4.69) is 159 Å². The molecule has 0 saturated carbocycles. The van der Waals surface area contributed by atoms with Crippen molar-refractivity contribution in [3.63, 3.8) is 0 Å². The molecule has 0 fully saturated rings. The van der Waals surface area contributed by atoms with E-state index < -0.39 is 0 Å². The minimum atomic E-state index is 0. The Hall–Kier alpha value is -2.22. The number of fused-ring (bicyclic) bond motifs is 2. The monoisotopic (exact) mass is 712 g/mol. The zero-order valence-corrected chi connectivity index (χ0v) is 32.5. The van der Waals surface area contributed by atoms with Crippen LogP contribution in [0, 0.1) is 34.6 Å². The van der Waals surface area contributed by atoms with E-state index in [-0.39, 0.29) is 30.2 Å². The van der Waals surface area contributed by atoms with E-state index in [4.69, 9.17) is 0 Å². The minimum Gasteiger partial charge on any atom is -1.00 e. The quantitative estimate of drug-likeness (QED) is 0.158. The van der Waals surface area contributed by atoms with Gasteiger partial charge in [0.1, 0.15) is 0 Å². The molecule has 6 aromatic rings. The van der Waals surface area contributed by atoms with Crippen molar-refractivity contribution >= 4 is 27.0 Å². The first-order valence-corrected chi connectivity index (χ1v) is 21.2. The molecule has 6 aromatic carbocycles. The molecule has 0 nitrogen and oxygen atoms in total. The van der Waals surface area contributed by atoms with E-state index in [1.54, 1.807) is 23.3 Å². The average molecular weight is 715 g/mol. The number of aryl methyl sites for hydroxylation is 5. The molecule has 0 N–H and O–H groups in total. The summed E-state index contributed by atoms with van der Waals surface area (Å²) >= 11 is 1.74. The number of halogens is 2. The van der Waals surface area contributed by atoms with Crippen LogP contribution in [-0.4, -0.2) is 5.43 Å². The molecule has 0 spiro atoms. The summed E-state index contributed by atoms with van der Waals surface area (Å²) in [5.74, 6) is 0.575. The van der Waals surface area contributed by atoms with Crippen molar-refractivity contribution < 1.29 is 48.1 Å². The maximum Gasteiger partial charge on any atom is -0.0220 e. The van der Waals surface area contributed by atoms with Crippen LogP contribution in [0.15, 0.2) is 97.1 Å². The van der Waals surface area contributed by atoms with Crippen LogP contribution in [0.3, 0.4) is 0 Å². The fourth-order valence-corrected chi connectivity index (χ4v) is 5.87. The van der Waals surface area contributed by atoms with Crippen molar-refractivity contribution in [1.82, 2.24) is 0 Å². The standard InChI is InChI=1S/C21H23.C17H15.C2H6Si.2ClH.Zr/c1-13(2)18-11-17-7-6-8-19(20(17)12-18)21-15(4)9-14(3)10-16(21)5;1-12-10-16-13(2)8-9-15(17(16)11-12)14-6-4-3-5-7-14;1-3-2;;;/h6-13H,1-5H3;3-11H,1-2H3;1-2H3;2*1H;/q2*-1;;;;+2/p-2. The molecule has 44 heavy (non-hydrogen) atoms. The van der Waals surface area contributed by atoms with Crippen LogP contribution in [0.2, 0.25) is 13.1 Å². The van der Waals surface area contributed by atoms with Gasteiger partial charge in [-0.3, -0.25) is 0 Å². The molecule has 4 heteroatoms. The molecule has 228 valence electrons.